The van der Waals surface area contributed by atoms with Gasteiger partial charge in [0.1, 0.15) is 0 Å². The average molecular weight is 272 g/mol. The van der Waals surface area contributed by atoms with E-state index in [9.17, 15) is 9.59 Å². The van der Waals surface area contributed by atoms with Crippen molar-refractivity contribution in [1.29, 1.82) is 0 Å². The number of rotatable bonds is 8. The van der Waals surface area contributed by atoms with E-state index in [0.717, 1.165) is 0 Å². The molecule has 0 radical (unpaired) electrons. The van der Waals surface area contributed by atoms with Crippen LogP contribution in [0.5, 0.6) is 0 Å². The zero-order chi connectivity index (χ0) is 15.1. The number of esters is 1. The lowest BCUT2D eigenvalue weighted by Gasteiger charge is -2.23. The van der Waals surface area contributed by atoms with Gasteiger partial charge < -0.3 is 14.9 Å². The summed E-state index contributed by atoms with van der Waals surface area (Å²) in [7, 11) is 0. The molecule has 0 fully saturated rings. The Morgan fingerprint density at radius 1 is 1.37 bits per heavy atom. The van der Waals surface area contributed by atoms with Crippen LogP contribution < -0.4 is 0 Å². The van der Waals surface area contributed by atoms with Crippen LogP contribution in [0.2, 0.25) is 0 Å². The summed E-state index contributed by atoms with van der Waals surface area (Å²) in [6.07, 6.45) is 3.77. The number of ether oxygens (including phenoxy) is 1. The van der Waals surface area contributed by atoms with Gasteiger partial charge in [0.25, 0.3) is 0 Å². The molecular formula is C14H24O5. The number of carboxylic acid groups (broad SMARTS) is 1. The molecule has 2 N–H and O–H groups in total. The number of aliphatic carboxylic acids is 1. The standard InChI is InChI=1S/C14H24O5/c1-5-6-7-11(12(16)17)10(2)13(18)19-9-14(3,4)8-15/h5-6,10-11,15H,7-9H2,1-4H3,(H,16,17). The monoisotopic (exact) mass is 272 g/mol. The highest BCUT2D eigenvalue weighted by atomic mass is 16.5. The molecule has 0 aromatic carbocycles. The zero-order valence-corrected chi connectivity index (χ0v) is 12.0. The maximum Gasteiger partial charge on any atom is 0.309 e. The highest BCUT2D eigenvalue weighted by Crippen LogP contribution is 2.21. The van der Waals surface area contributed by atoms with Gasteiger partial charge in [0.15, 0.2) is 0 Å². The van der Waals surface area contributed by atoms with Crippen LogP contribution in [0.25, 0.3) is 0 Å². The van der Waals surface area contributed by atoms with Crippen molar-refractivity contribution >= 4 is 11.9 Å². The van der Waals surface area contributed by atoms with Gasteiger partial charge in [-0.1, -0.05) is 32.9 Å². The van der Waals surface area contributed by atoms with Gasteiger partial charge in [-0.25, -0.2) is 0 Å². The third-order valence-corrected chi connectivity index (χ3v) is 2.95. The minimum atomic E-state index is -1.01. The van der Waals surface area contributed by atoms with Gasteiger partial charge in [0, 0.05) is 5.41 Å². The summed E-state index contributed by atoms with van der Waals surface area (Å²) in [5, 5.41) is 18.2. The number of carbonyl (C=O) groups is 2. The van der Waals surface area contributed by atoms with E-state index < -0.39 is 29.2 Å². The molecule has 0 bridgehead atoms. The first kappa shape index (κ1) is 17.6. The Balaban J connectivity index is 4.55. The van der Waals surface area contributed by atoms with Gasteiger partial charge in [0.05, 0.1) is 25.0 Å². The highest BCUT2D eigenvalue weighted by molar-refractivity contribution is 5.80. The molecule has 19 heavy (non-hydrogen) atoms. The van der Waals surface area contributed by atoms with Crippen LogP contribution in [0.4, 0.5) is 0 Å². The van der Waals surface area contributed by atoms with Crippen molar-refractivity contribution in [3.8, 4) is 0 Å². The van der Waals surface area contributed by atoms with Crippen LogP contribution >= 0.6 is 0 Å². The maximum atomic E-state index is 11.8. The maximum absolute atomic E-state index is 11.8. The predicted octanol–water partition coefficient (Wildman–Crippen LogP) is 1.85. The summed E-state index contributed by atoms with van der Waals surface area (Å²) in [5.74, 6) is -3.06. The molecular weight excluding hydrogens is 248 g/mol. The lowest BCUT2D eigenvalue weighted by molar-refractivity contribution is -0.159. The number of aliphatic hydroxyl groups is 1. The van der Waals surface area contributed by atoms with E-state index in [1.165, 1.54) is 0 Å². The van der Waals surface area contributed by atoms with Gasteiger partial charge in [-0.2, -0.15) is 0 Å². The van der Waals surface area contributed by atoms with E-state index in [-0.39, 0.29) is 13.2 Å². The number of aliphatic hydroxyl groups excluding tert-OH is 1. The van der Waals surface area contributed by atoms with Crippen LogP contribution in [0.1, 0.15) is 34.1 Å². The molecule has 0 heterocycles. The molecule has 0 aliphatic rings. The van der Waals surface area contributed by atoms with E-state index >= 15 is 0 Å². The van der Waals surface area contributed by atoms with Crippen LogP contribution in [0.3, 0.4) is 0 Å². The molecule has 0 saturated carbocycles. The van der Waals surface area contributed by atoms with Crippen molar-refractivity contribution in [3.63, 3.8) is 0 Å². The summed E-state index contributed by atoms with van der Waals surface area (Å²) in [6, 6.07) is 0. The molecule has 0 aromatic rings. The topological polar surface area (TPSA) is 83.8 Å². The molecule has 0 spiro atoms. The van der Waals surface area contributed by atoms with Crippen LogP contribution in [0, 0.1) is 17.3 Å². The Morgan fingerprint density at radius 2 is 1.95 bits per heavy atom. The Labute approximate surface area is 114 Å². The normalized spacial score (nSPS) is 15.2. The van der Waals surface area contributed by atoms with E-state index in [4.69, 9.17) is 14.9 Å². The first-order chi connectivity index (χ1) is 8.75. The largest absolute Gasteiger partial charge is 0.481 e. The molecule has 0 aliphatic heterocycles. The van der Waals surface area contributed by atoms with Gasteiger partial charge in [-0.15, -0.1) is 0 Å². The predicted molar refractivity (Wildman–Crippen MR) is 71.5 cm³/mol. The van der Waals surface area contributed by atoms with Crippen molar-refractivity contribution in [3.05, 3.63) is 12.2 Å². The second kappa shape index (κ2) is 7.94. The number of allylic oxidation sites excluding steroid dienone is 2. The number of hydrogen-bond donors (Lipinski definition) is 2. The molecule has 0 rings (SSSR count). The fourth-order valence-electron chi connectivity index (χ4n) is 1.41. The zero-order valence-electron chi connectivity index (χ0n) is 12.0. The smallest absolute Gasteiger partial charge is 0.309 e. The SMILES string of the molecule is CC=CCC(C(=O)O)C(C)C(=O)OCC(C)(C)CO. The molecule has 0 aliphatic carbocycles. The summed E-state index contributed by atoms with van der Waals surface area (Å²) in [5.41, 5.74) is -0.516. The van der Waals surface area contributed by atoms with E-state index in [2.05, 4.69) is 0 Å². The van der Waals surface area contributed by atoms with E-state index in [1.807, 2.05) is 0 Å². The third-order valence-electron chi connectivity index (χ3n) is 2.95. The number of carboxylic acids is 1. The molecule has 0 aromatic heterocycles. The van der Waals surface area contributed by atoms with Crippen LogP contribution in [-0.4, -0.2) is 35.4 Å². The Hall–Kier alpha value is -1.36. The Kier molecular flexibility index (Phi) is 7.37. The van der Waals surface area contributed by atoms with Gasteiger partial charge in [-0.3, -0.25) is 9.59 Å². The Bertz CT molecular complexity index is 333. The summed E-state index contributed by atoms with van der Waals surface area (Å²) in [4.78, 5) is 23.0. The second-order valence-electron chi connectivity index (χ2n) is 5.47. The quantitative estimate of drug-likeness (QED) is 0.520. The van der Waals surface area contributed by atoms with Crippen LogP contribution in [-0.2, 0) is 14.3 Å². The van der Waals surface area contributed by atoms with Crippen molar-refractivity contribution in [2.75, 3.05) is 13.2 Å². The van der Waals surface area contributed by atoms with Crippen LogP contribution in [0.15, 0.2) is 12.2 Å². The second-order valence-corrected chi connectivity index (χ2v) is 5.47. The number of carbonyl (C=O) groups excluding carboxylic acids is 1. The first-order valence-corrected chi connectivity index (χ1v) is 6.36. The van der Waals surface area contributed by atoms with Crippen molar-refractivity contribution < 1.29 is 24.5 Å². The summed E-state index contributed by atoms with van der Waals surface area (Å²) < 4.78 is 5.08. The summed E-state index contributed by atoms with van der Waals surface area (Å²) >= 11 is 0. The van der Waals surface area contributed by atoms with Gasteiger partial charge in [0.2, 0.25) is 0 Å². The lowest BCUT2D eigenvalue weighted by atomic mass is 9.90. The van der Waals surface area contributed by atoms with Crippen molar-refractivity contribution in [1.82, 2.24) is 0 Å². The number of hydrogen-bond acceptors (Lipinski definition) is 4. The highest BCUT2D eigenvalue weighted by Gasteiger charge is 2.31. The average Bonchev–Trinajstić information content (AvgIpc) is 2.35. The molecule has 2 atom stereocenters. The third kappa shape index (κ3) is 6.38. The van der Waals surface area contributed by atoms with E-state index in [1.54, 1.807) is 39.8 Å². The van der Waals surface area contributed by atoms with Gasteiger partial charge >= 0.3 is 11.9 Å². The van der Waals surface area contributed by atoms with Gasteiger partial charge in [-0.05, 0) is 13.3 Å². The molecule has 110 valence electrons. The summed E-state index contributed by atoms with van der Waals surface area (Å²) in [6.45, 7) is 6.85. The molecule has 2 unspecified atom stereocenters. The lowest BCUT2D eigenvalue weighted by Crippen LogP contribution is -2.32. The molecule has 5 nitrogen and oxygen atoms in total. The molecule has 5 heteroatoms. The Morgan fingerprint density at radius 3 is 2.37 bits per heavy atom. The van der Waals surface area contributed by atoms with Crippen molar-refractivity contribution in [2.24, 2.45) is 17.3 Å². The first-order valence-electron chi connectivity index (χ1n) is 6.36. The fraction of sp³-hybridized carbons (Fsp3) is 0.714. The van der Waals surface area contributed by atoms with E-state index in [0.29, 0.717) is 6.42 Å². The minimum absolute atomic E-state index is 0.0721. The minimum Gasteiger partial charge on any atom is -0.481 e. The molecule has 0 saturated heterocycles. The fourth-order valence-corrected chi connectivity index (χ4v) is 1.41. The molecule has 0 amide bonds. The van der Waals surface area contributed by atoms with Crippen molar-refractivity contribution in [2.45, 2.75) is 34.1 Å².